The van der Waals surface area contributed by atoms with Crippen LogP contribution in [0.4, 0.5) is 11.5 Å². The Balaban J connectivity index is 1.11. The lowest BCUT2D eigenvalue weighted by Gasteiger charge is -2.47. The summed E-state index contributed by atoms with van der Waals surface area (Å²) < 4.78 is 17.6. The van der Waals surface area contributed by atoms with Gasteiger partial charge in [0.1, 0.15) is 12.4 Å². The fourth-order valence-corrected chi connectivity index (χ4v) is 5.85. The van der Waals surface area contributed by atoms with Gasteiger partial charge in [0.25, 0.3) is 5.91 Å². The molecule has 0 N–H and O–H groups in total. The lowest BCUT2D eigenvalue weighted by atomic mass is 9.89. The van der Waals surface area contributed by atoms with Crippen LogP contribution in [0.15, 0.2) is 42.6 Å². The molecule has 8 heteroatoms. The smallest absolute Gasteiger partial charge is 0.254 e. The highest BCUT2D eigenvalue weighted by Gasteiger charge is 2.43. The Kier molecular flexibility index (Phi) is 8.15. The second-order valence-corrected chi connectivity index (χ2v) is 10.7. The van der Waals surface area contributed by atoms with Gasteiger partial charge in [-0.1, -0.05) is 6.92 Å². The summed E-state index contributed by atoms with van der Waals surface area (Å²) in [6, 6.07) is 12.1. The fourth-order valence-electron chi connectivity index (χ4n) is 5.85. The van der Waals surface area contributed by atoms with Crippen molar-refractivity contribution in [3.8, 4) is 11.5 Å². The van der Waals surface area contributed by atoms with Crippen molar-refractivity contribution in [2.75, 3.05) is 69.4 Å². The van der Waals surface area contributed by atoms with Crippen molar-refractivity contribution >= 4 is 17.4 Å². The van der Waals surface area contributed by atoms with Crippen LogP contribution >= 0.6 is 0 Å². The monoisotopic (exact) mass is 508 g/mol. The number of likely N-dealkylation sites (tertiary alicyclic amines) is 1. The minimum atomic E-state index is -0.359. The Morgan fingerprint density at radius 3 is 2.70 bits per heavy atom. The molecular weight excluding hydrogens is 468 g/mol. The van der Waals surface area contributed by atoms with Crippen LogP contribution < -0.4 is 19.3 Å². The highest BCUT2D eigenvalue weighted by atomic mass is 16.5. The first kappa shape index (κ1) is 25.8. The molecule has 3 saturated heterocycles. The van der Waals surface area contributed by atoms with Gasteiger partial charge in [-0.05, 0) is 81.0 Å². The standard InChI is InChI=1S/C29H40N4O4/c1-23-6-4-15-31(20-23)16-5-19-36-25-10-8-24(9-11-25)32-17-12-29(13-18-32)22-33(27(34)21-37-29)28-26(35-2)7-3-14-30-28/h3,7-11,14,23H,4-6,12-13,15-22H2,1-2H3/t23-/m0/s1. The highest BCUT2D eigenvalue weighted by Crippen LogP contribution is 2.36. The number of nitrogens with zero attached hydrogens (tertiary/aromatic N) is 4. The molecule has 4 heterocycles. The van der Waals surface area contributed by atoms with Crippen LogP contribution in [-0.2, 0) is 9.53 Å². The Morgan fingerprint density at radius 2 is 1.95 bits per heavy atom. The zero-order valence-electron chi connectivity index (χ0n) is 22.2. The molecule has 5 rings (SSSR count). The van der Waals surface area contributed by atoms with E-state index in [2.05, 4.69) is 46.0 Å². The van der Waals surface area contributed by atoms with E-state index in [0.717, 1.165) is 57.2 Å². The minimum absolute atomic E-state index is 0.0720. The summed E-state index contributed by atoms with van der Waals surface area (Å²) in [4.78, 5) is 23.8. The van der Waals surface area contributed by atoms with Crippen LogP contribution in [0.1, 0.15) is 39.0 Å². The summed E-state index contributed by atoms with van der Waals surface area (Å²) in [6.45, 7) is 8.99. The van der Waals surface area contributed by atoms with Crippen molar-refractivity contribution in [2.45, 2.75) is 44.6 Å². The number of anilines is 2. The number of amides is 1. The minimum Gasteiger partial charge on any atom is -0.494 e. The molecule has 8 nitrogen and oxygen atoms in total. The molecule has 1 aromatic heterocycles. The number of methoxy groups -OCH3 is 1. The average molecular weight is 509 g/mol. The van der Waals surface area contributed by atoms with Gasteiger partial charge in [-0.3, -0.25) is 9.69 Å². The molecule has 1 spiro atoms. The van der Waals surface area contributed by atoms with Crippen molar-refractivity contribution in [2.24, 2.45) is 5.92 Å². The van der Waals surface area contributed by atoms with Gasteiger partial charge >= 0.3 is 0 Å². The van der Waals surface area contributed by atoms with Crippen LogP contribution in [0.2, 0.25) is 0 Å². The summed E-state index contributed by atoms with van der Waals surface area (Å²) in [5.74, 6) is 2.85. The average Bonchev–Trinajstić information content (AvgIpc) is 2.93. The number of hydrogen-bond acceptors (Lipinski definition) is 7. The lowest BCUT2D eigenvalue weighted by Crippen LogP contribution is -2.59. The zero-order chi connectivity index (χ0) is 25.7. The van der Waals surface area contributed by atoms with Gasteiger partial charge in [-0.25, -0.2) is 4.98 Å². The number of carbonyl (C=O) groups excluding carboxylic acids is 1. The third-order valence-electron chi connectivity index (χ3n) is 7.98. The first-order chi connectivity index (χ1) is 18.0. The third kappa shape index (κ3) is 6.18. The van der Waals surface area contributed by atoms with Crippen molar-refractivity contribution in [3.05, 3.63) is 42.6 Å². The Hall–Kier alpha value is -2.84. The largest absolute Gasteiger partial charge is 0.494 e. The zero-order valence-corrected chi connectivity index (χ0v) is 22.2. The molecule has 3 fully saturated rings. The fraction of sp³-hybridized carbons (Fsp3) is 0.586. The predicted molar refractivity (Wildman–Crippen MR) is 145 cm³/mol. The van der Waals surface area contributed by atoms with Crippen molar-refractivity contribution in [1.29, 1.82) is 0 Å². The Morgan fingerprint density at radius 1 is 1.14 bits per heavy atom. The molecular formula is C29H40N4O4. The molecule has 0 aliphatic carbocycles. The maximum Gasteiger partial charge on any atom is 0.254 e. The summed E-state index contributed by atoms with van der Waals surface area (Å²) in [5.41, 5.74) is 0.835. The maximum atomic E-state index is 12.7. The van der Waals surface area contributed by atoms with Gasteiger partial charge in [0.2, 0.25) is 0 Å². The normalized spacial score (nSPS) is 22.3. The number of aromatic nitrogens is 1. The molecule has 0 bridgehead atoms. The van der Waals surface area contributed by atoms with Crippen molar-refractivity contribution < 1.29 is 19.0 Å². The van der Waals surface area contributed by atoms with Gasteiger partial charge in [0.05, 0.1) is 25.9 Å². The number of carbonyl (C=O) groups is 1. The summed E-state index contributed by atoms with van der Waals surface area (Å²) in [6.07, 6.45) is 7.13. The topological polar surface area (TPSA) is 67.4 Å². The molecule has 1 amide bonds. The molecule has 3 aliphatic heterocycles. The van der Waals surface area contributed by atoms with Gasteiger partial charge in [0, 0.05) is 38.1 Å². The molecule has 1 atom stereocenters. The summed E-state index contributed by atoms with van der Waals surface area (Å²) in [5, 5.41) is 0. The molecule has 0 saturated carbocycles. The second kappa shape index (κ2) is 11.7. The van der Waals surface area contributed by atoms with Crippen LogP contribution in [0.3, 0.4) is 0 Å². The van der Waals surface area contributed by atoms with E-state index in [1.807, 2.05) is 12.1 Å². The number of benzene rings is 1. The van der Waals surface area contributed by atoms with E-state index < -0.39 is 0 Å². The molecule has 2 aromatic rings. The SMILES string of the molecule is COc1cccnc1N1CC2(CCN(c3ccc(OCCCN4CCC[C@H](C)C4)cc3)CC2)OCC1=O. The van der Waals surface area contributed by atoms with Gasteiger partial charge in [-0.15, -0.1) is 0 Å². The summed E-state index contributed by atoms with van der Waals surface area (Å²) >= 11 is 0. The van der Waals surface area contributed by atoms with E-state index >= 15 is 0 Å². The molecule has 0 radical (unpaired) electrons. The van der Waals surface area contributed by atoms with E-state index in [1.54, 1.807) is 18.2 Å². The number of piperidine rings is 2. The predicted octanol–water partition coefficient (Wildman–Crippen LogP) is 3.99. The first-order valence-electron chi connectivity index (χ1n) is 13.7. The number of ether oxygens (including phenoxy) is 3. The highest BCUT2D eigenvalue weighted by molar-refractivity contribution is 5.95. The number of morpholine rings is 1. The number of pyridine rings is 1. The first-order valence-corrected chi connectivity index (χ1v) is 13.7. The van der Waals surface area contributed by atoms with Gasteiger partial charge < -0.3 is 24.0 Å². The maximum absolute atomic E-state index is 12.7. The van der Waals surface area contributed by atoms with E-state index in [1.165, 1.54) is 31.6 Å². The number of hydrogen-bond donors (Lipinski definition) is 0. The molecule has 37 heavy (non-hydrogen) atoms. The van der Waals surface area contributed by atoms with Crippen LogP contribution in [0.25, 0.3) is 0 Å². The van der Waals surface area contributed by atoms with Gasteiger partial charge in [-0.2, -0.15) is 0 Å². The Labute approximate surface area is 220 Å². The van der Waals surface area contributed by atoms with E-state index in [0.29, 0.717) is 18.1 Å². The van der Waals surface area contributed by atoms with Crippen LogP contribution in [0.5, 0.6) is 11.5 Å². The second-order valence-electron chi connectivity index (χ2n) is 10.7. The van der Waals surface area contributed by atoms with E-state index in [9.17, 15) is 4.79 Å². The van der Waals surface area contributed by atoms with Crippen molar-refractivity contribution in [3.63, 3.8) is 0 Å². The van der Waals surface area contributed by atoms with E-state index in [-0.39, 0.29) is 18.1 Å². The Bertz CT molecular complexity index is 1040. The third-order valence-corrected chi connectivity index (χ3v) is 7.98. The molecule has 200 valence electrons. The van der Waals surface area contributed by atoms with E-state index in [4.69, 9.17) is 14.2 Å². The molecule has 0 unspecified atom stereocenters. The quantitative estimate of drug-likeness (QED) is 0.500. The van der Waals surface area contributed by atoms with Crippen LogP contribution in [0, 0.1) is 5.92 Å². The molecule has 1 aromatic carbocycles. The summed E-state index contributed by atoms with van der Waals surface area (Å²) in [7, 11) is 1.60. The lowest BCUT2D eigenvalue weighted by molar-refractivity contribution is -0.141. The van der Waals surface area contributed by atoms with Crippen LogP contribution in [-0.4, -0.2) is 81.0 Å². The molecule has 3 aliphatic rings. The van der Waals surface area contributed by atoms with Gasteiger partial charge in [0.15, 0.2) is 11.6 Å². The number of rotatable bonds is 8. The van der Waals surface area contributed by atoms with Crippen molar-refractivity contribution in [1.82, 2.24) is 9.88 Å².